The van der Waals surface area contributed by atoms with Crippen molar-refractivity contribution in [1.82, 2.24) is 14.8 Å². The van der Waals surface area contributed by atoms with Crippen LogP contribution in [-0.4, -0.2) is 27.0 Å². The lowest BCUT2D eigenvalue weighted by Gasteiger charge is -2.11. The highest BCUT2D eigenvalue weighted by Crippen LogP contribution is 2.29. The third-order valence-corrected chi connectivity index (χ3v) is 4.12. The van der Waals surface area contributed by atoms with Crippen LogP contribution in [0.25, 0.3) is 0 Å². The van der Waals surface area contributed by atoms with Crippen LogP contribution in [0.5, 0.6) is 5.88 Å². The van der Waals surface area contributed by atoms with E-state index in [2.05, 4.69) is 14.8 Å². The van der Waals surface area contributed by atoms with Gasteiger partial charge in [0.2, 0.25) is 5.88 Å². The van der Waals surface area contributed by atoms with E-state index in [1.807, 2.05) is 18.3 Å². The van der Waals surface area contributed by atoms with Crippen molar-refractivity contribution < 1.29 is 9.84 Å². The normalized spacial score (nSPS) is 17.0. The van der Waals surface area contributed by atoms with Crippen LogP contribution < -0.4 is 4.74 Å². The highest BCUT2D eigenvalue weighted by atomic mass is 16.5. The minimum Gasteiger partial charge on any atom is -0.481 e. The largest absolute Gasteiger partial charge is 0.481 e. The number of methoxy groups -OCH3 is 1. The lowest BCUT2D eigenvalue weighted by Crippen LogP contribution is -2.07. The van der Waals surface area contributed by atoms with E-state index in [0.29, 0.717) is 18.3 Å². The first-order valence-electron chi connectivity index (χ1n) is 7.48. The summed E-state index contributed by atoms with van der Waals surface area (Å²) in [4.78, 5) is 4.12. The van der Waals surface area contributed by atoms with Crippen LogP contribution in [0.15, 0.2) is 30.6 Å². The van der Waals surface area contributed by atoms with E-state index in [1.165, 1.54) is 25.7 Å². The molecule has 0 amide bonds. The molecule has 1 unspecified atom stereocenters. The Bertz CT molecular complexity index is 573. The second-order valence-electron chi connectivity index (χ2n) is 5.58. The van der Waals surface area contributed by atoms with Crippen LogP contribution >= 0.6 is 0 Å². The fraction of sp³-hybridized carbons (Fsp3) is 0.500. The van der Waals surface area contributed by atoms with Crippen molar-refractivity contribution in [2.45, 2.75) is 44.2 Å². The number of pyridine rings is 1. The molecule has 5 heteroatoms. The van der Waals surface area contributed by atoms with Gasteiger partial charge in [0.1, 0.15) is 0 Å². The van der Waals surface area contributed by atoms with Crippen LogP contribution in [0.4, 0.5) is 0 Å². The molecular weight excluding hydrogens is 266 g/mol. The molecular formula is C16H21N3O2. The molecule has 1 atom stereocenters. The van der Waals surface area contributed by atoms with E-state index in [4.69, 9.17) is 4.74 Å². The predicted octanol–water partition coefficient (Wildman–Crippen LogP) is 2.68. The van der Waals surface area contributed by atoms with Gasteiger partial charge in [-0.1, -0.05) is 12.8 Å². The first kappa shape index (κ1) is 14.1. The highest BCUT2D eigenvalue weighted by molar-refractivity contribution is 5.21. The number of rotatable bonds is 5. The van der Waals surface area contributed by atoms with Crippen LogP contribution in [0.1, 0.15) is 49.1 Å². The number of hydrogen-bond acceptors (Lipinski definition) is 4. The molecule has 0 radical (unpaired) electrons. The monoisotopic (exact) mass is 287 g/mol. The Hall–Kier alpha value is -1.88. The maximum absolute atomic E-state index is 10.3. The lowest BCUT2D eigenvalue weighted by atomic mass is 10.1. The number of ether oxygens (including phenoxy) is 1. The van der Waals surface area contributed by atoms with Crippen molar-refractivity contribution in [3.63, 3.8) is 0 Å². The fourth-order valence-electron chi connectivity index (χ4n) is 2.88. The molecule has 1 aliphatic carbocycles. The number of aliphatic hydroxyl groups excluding tert-OH is 1. The summed E-state index contributed by atoms with van der Waals surface area (Å²) >= 11 is 0. The second kappa shape index (κ2) is 6.26. The molecule has 0 aromatic carbocycles. The third kappa shape index (κ3) is 3.24. The van der Waals surface area contributed by atoms with E-state index in [1.54, 1.807) is 19.4 Å². The van der Waals surface area contributed by atoms with Gasteiger partial charge in [-0.05, 0) is 30.5 Å². The van der Waals surface area contributed by atoms with E-state index in [0.717, 1.165) is 11.3 Å². The number of nitrogens with zero attached hydrogens (tertiary/aromatic N) is 3. The van der Waals surface area contributed by atoms with Crippen molar-refractivity contribution >= 4 is 0 Å². The molecule has 0 aliphatic heterocycles. The molecule has 1 aliphatic rings. The van der Waals surface area contributed by atoms with Gasteiger partial charge in [0.05, 0.1) is 24.9 Å². The fourth-order valence-corrected chi connectivity index (χ4v) is 2.88. The van der Waals surface area contributed by atoms with Gasteiger partial charge in [-0.2, -0.15) is 5.10 Å². The molecule has 2 aromatic rings. The number of aromatic nitrogens is 3. The molecule has 0 spiro atoms. The zero-order valence-electron chi connectivity index (χ0n) is 12.3. The van der Waals surface area contributed by atoms with Crippen molar-refractivity contribution in [1.29, 1.82) is 0 Å². The zero-order chi connectivity index (χ0) is 14.7. The summed E-state index contributed by atoms with van der Waals surface area (Å²) in [6, 6.07) is 6.14. The minimum atomic E-state index is -0.588. The SMILES string of the molecule is COc1ccc(C(O)Cc2ccn(C3CCCC3)n2)cn1. The van der Waals surface area contributed by atoms with Gasteiger partial charge in [-0.25, -0.2) is 4.98 Å². The molecule has 2 heterocycles. The Morgan fingerprint density at radius 2 is 2.14 bits per heavy atom. The Kier molecular flexibility index (Phi) is 4.20. The Morgan fingerprint density at radius 1 is 1.33 bits per heavy atom. The topological polar surface area (TPSA) is 60.2 Å². The van der Waals surface area contributed by atoms with Crippen molar-refractivity contribution in [2.75, 3.05) is 7.11 Å². The Morgan fingerprint density at radius 3 is 2.81 bits per heavy atom. The van der Waals surface area contributed by atoms with E-state index in [9.17, 15) is 5.11 Å². The quantitative estimate of drug-likeness (QED) is 0.918. The maximum Gasteiger partial charge on any atom is 0.212 e. The van der Waals surface area contributed by atoms with Crippen LogP contribution in [-0.2, 0) is 6.42 Å². The third-order valence-electron chi connectivity index (χ3n) is 4.12. The zero-order valence-corrected chi connectivity index (χ0v) is 12.3. The van der Waals surface area contributed by atoms with Crippen LogP contribution in [0.3, 0.4) is 0 Å². The highest BCUT2D eigenvalue weighted by Gasteiger charge is 2.18. The number of hydrogen-bond donors (Lipinski definition) is 1. The smallest absolute Gasteiger partial charge is 0.212 e. The van der Waals surface area contributed by atoms with Crippen molar-refractivity contribution in [2.24, 2.45) is 0 Å². The van der Waals surface area contributed by atoms with Gasteiger partial charge in [-0.3, -0.25) is 4.68 Å². The molecule has 2 aromatic heterocycles. The summed E-state index contributed by atoms with van der Waals surface area (Å²) in [5.74, 6) is 0.552. The van der Waals surface area contributed by atoms with E-state index < -0.39 is 6.10 Å². The predicted molar refractivity (Wildman–Crippen MR) is 79.2 cm³/mol. The average Bonchev–Trinajstić information content (AvgIpc) is 3.18. The van der Waals surface area contributed by atoms with Gasteiger partial charge < -0.3 is 9.84 Å². The molecule has 5 nitrogen and oxygen atoms in total. The molecule has 21 heavy (non-hydrogen) atoms. The number of aliphatic hydroxyl groups is 1. The summed E-state index contributed by atoms with van der Waals surface area (Å²) in [6.07, 6.45) is 8.61. The summed E-state index contributed by atoms with van der Waals surface area (Å²) in [5, 5.41) is 14.9. The van der Waals surface area contributed by atoms with E-state index >= 15 is 0 Å². The maximum atomic E-state index is 10.3. The van der Waals surface area contributed by atoms with Gasteiger partial charge in [0.25, 0.3) is 0 Å². The summed E-state index contributed by atoms with van der Waals surface area (Å²) in [7, 11) is 1.58. The van der Waals surface area contributed by atoms with Gasteiger partial charge in [-0.15, -0.1) is 0 Å². The van der Waals surface area contributed by atoms with Crippen LogP contribution in [0.2, 0.25) is 0 Å². The first-order valence-corrected chi connectivity index (χ1v) is 7.48. The molecule has 0 bridgehead atoms. The van der Waals surface area contributed by atoms with Crippen LogP contribution in [0, 0.1) is 0 Å². The van der Waals surface area contributed by atoms with Gasteiger partial charge >= 0.3 is 0 Å². The Labute approximate surface area is 124 Å². The van der Waals surface area contributed by atoms with E-state index in [-0.39, 0.29) is 0 Å². The van der Waals surface area contributed by atoms with Gasteiger partial charge in [0, 0.05) is 24.9 Å². The minimum absolute atomic E-state index is 0.508. The molecule has 112 valence electrons. The second-order valence-corrected chi connectivity index (χ2v) is 5.58. The molecule has 3 rings (SSSR count). The van der Waals surface area contributed by atoms with Gasteiger partial charge in [0.15, 0.2) is 0 Å². The van der Waals surface area contributed by atoms with Crippen molar-refractivity contribution in [3.8, 4) is 5.88 Å². The van der Waals surface area contributed by atoms with Crippen molar-refractivity contribution in [3.05, 3.63) is 41.9 Å². The summed E-state index contributed by atoms with van der Waals surface area (Å²) in [5.41, 5.74) is 1.71. The summed E-state index contributed by atoms with van der Waals surface area (Å²) in [6.45, 7) is 0. The first-order chi connectivity index (χ1) is 10.3. The lowest BCUT2D eigenvalue weighted by molar-refractivity contribution is 0.176. The molecule has 1 N–H and O–H groups in total. The average molecular weight is 287 g/mol. The Balaban J connectivity index is 1.64. The molecule has 1 saturated carbocycles. The standard InChI is InChI=1S/C16H21N3O2/c1-21-16-7-6-12(11-17-16)15(20)10-13-8-9-19(18-13)14-4-2-3-5-14/h6-9,11,14-15,20H,2-5,10H2,1H3. The molecule has 0 saturated heterocycles. The summed E-state index contributed by atoms with van der Waals surface area (Å²) < 4.78 is 7.08. The molecule has 1 fully saturated rings.